The second-order valence-corrected chi connectivity index (χ2v) is 4.72. The predicted octanol–water partition coefficient (Wildman–Crippen LogP) is 1.74. The summed E-state index contributed by atoms with van der Waals surface area (Å²) in [6.45, 7) is 2.31. The van der Waals surface area contributed by atoms with Crippen LogP contribution in [-0.4, -0.2) is 17.2 Å². The normalized spacial score (nSPS) is 30.7. The smallest absolute Gasteiger partial charge is 0.0703 e. The molecule has 0 aromatic carbocycles. The molecule has 3 rings (SSSR count). The van der Waals surface area contributed by atoms with Crippen LogP contribution in [0.25, 0.3) is 0 Å². The highest BCUT2D eigenvalue weighted by atomic mass is 15.1. The topological polar surface area (TPSA) is 40.7 Å². The summed E-state index contributed by atoms with van der Waals surface area (Å²) >= 11 is 0. The van der Waals surface area contributed by atoms with Gasteiger partial charge in [0.25, 0.3) is 0 Å². The van der Waals surface area contributed by atoms with Gasteiger partial charge in [0.1, 0.15) is 0 Å². The lowest BCUT2D eigenvalue weighted by Crippen LogP contribution is -2.20. The van der Waals surface area contributed by atoms with Crippen molar-refractivity contribution in [3.05, 3.63) is 17.0 Å². The van der Waals surface area contributed by atoms with Crippen molar-refractivity contribution in [3.63, 3.8) is 0 Å². The highest BCUT2D eigenvalue weighted by Gasteiger charge is 2.38. The highest BCUT2D eigenvalue weighted by Crippen LogP contribution is 2.46. The molecule has 0 bridgehead atoms. The summed E-state index contributed by atoms with van der Waals surface area (Å²) in [5.74, 6) is 1.47. The maximum Gasteiger partial charge on any atom is 0.0703 e. The standard InChI is InChI=1S/C11H17N3/c1-6-5-8-9(10(6)12-2)11(14-13-8)7-3-4-7/h6-7,10,12H,3-5H2,1-2H3,(H,13,14). The van der Waals surface area contributed by atoms with Crippen LogP contribution in [0.3, 0.4) is 0 Å². The third-order valence-electron chi connectivity index (χ3n) is 3.59. The largest absolute Gasteiger partial charge is 0.313 e. The molecule has 0 amide bonds. The Labute approximate surface area is 84.3 Å². The van der Waals surface area contributed by atoms with Crippen molar-refractivity contribution in [2.75, 3.05) is 7.05 Å². The molecule has 3 heteroatoms. The highest BCUT2D eigenvalue weighted by molar-refractivity contribution is 5.38. The summed E-state index contributed by atoms with van der Waals surface area (Å²) in [7, 11) is 2.06. The van der Waals surface area contributed by atoms with Crippen LogP contribution in [0.15, 0.2) is 0 Å². The van der Waals surface area contributed by atoms with E-state index in [1.807, 2.05) is 0 Å². The van der Waals surface area contributed by atoms with Gasteiger partial charge < -0.3 is 5.32 Å². The fraction of sp³-hybridized carbons (Fsp3) is 0.727. The van der Waals surface area contributed by atoms with Crippen LogP contribution in [0.5, 0.6) is 0 Å². The molecule has 2 aliphatic carbocycles. The number of hydrogen-bond donors (Lipinski definition) is 2. The van der Waals surface area contributed by atoms with Gasteiger partial charge in [-0.1, -0.05) is 6.92 Å². The molecule has 1 aromatic rings. The molecule has 76 valence electrons. The Hall–Kier alpha value is -0.830. The molecule has 0 spiro atoms. The first-order valence-corrected chi connectivity index (χ1v) is 5.55. The molecule has 2 atom stereocenters. The van der Waals surface area contributed by atoms with E-state index in [4.69, 9.17) is 0 Å². The number of hydrogen-bond acceptors (Lipinski definition) is 2. The minimum Gasteiger partial charge on any atom is -0.313 e. The van der Waals surface area contributed by atoms with Crippen LogP contribution in [0.2, 0.25) is 0 Å². The maximum absolute atomic E-state index is 4.47. The fourth-order valence-corrected chi connectivity index (χ4v) is 2.73. The number of rotatable bonds is 2. The Kier molecular flexibility index (Phi) is 1.71. The lowest BCUT2D eigenvalue weighted by atomic mass is 10.0. The molecule has 0 saturated heterocycles. The Morgan fingerprint density at radius 2 is 2.21 bits per heavy atom. The van der Waals surface area contributed by atoms with Crippen molar-refractivity contribution in [2.24, 2.45) is 5.92 Å². The number of aromatic nitrogens is 2. The molecule has 1 fully saturated rings. The van der Waals surface area contributed by atoms with E-state index in [2.05, 4.69) is 29.5 Å². The molecule has 3 nitrogen and oxygen atoms in total. The van der Waals surface area contributed by atoms with Gasteiger partial charge in [0.2, 0.25) is 0 Å². The summed E-state index contributed by atoms with van der Waals surface area (Å²) < 4.78 is 0. The zero-order valence-corrected chi connectivity index (χ0v) is 8.80. The SMILES string of the molecule is CNC1c2c(C3CC3)n[nH]c2CC1C. The minimum absolute atomic E-state index is 0.527. The number of H-pyrrole nitrogens is 1. The molecule has 2 N–H and O–H groups in total. The number of nitrogens with one attached hydrogen (secondary N) is 2. The molecular formula is C11H17N3. The van der Waals surface area contributed by atoms with Crippen LogP contribution in [0, 0.1) is 5.92 Å². The lowest BCUT2D eigenvalue weighted by molar-refractivity contribution is 0.440. The molecule has 1 aromatic heterocycles. The first-order valence-electron chi connectivity index (χ1n) is 5.55. The van der Waals surface area contributed by atoms with E-state index in [0.29, 0.717) is 12.0 Å². The average Bonchev–Trinajstić information content (AvgIpc) is 2.85. The van der Waals surface area contributed by atoms with Gasteiger partial charge in [0.15, 0.2) is 0 Å². The van der Waals surface area contributed by atoms with Gasteiger partial charge in [-0.2, -0.15) is 5.10 Å². The first kappa shape index (κ1) is 8.48. The Morgan fingerprint density at radius 1 is 1.43 bits per heavy atom. The van der Waals surface area contributed by atoms with E-state index in [-0.39, 0.29) is 0 Å². The summed E-state index contributed by atoms with van der Waals surface area (Å²) in [6.07, 6.45) is 3.82. The van der Waals surface area contributed by atoms with Crippen molar-refractivity contribution < 1.29 is 0 Å². The van der Waals surface area contributed by atoms with Crippen molar-refractivity contribution in [1.29, 1.82) is 0 Å². The van der Waals surface area contributed by atoms with E-state index in [0.717, 1.165) is 12.3 Å². The van der Waals surface area contributed by atoms with Gasteiger partial charge >= 0.3 is 0 Å². The Morgan fingerprint density at radius 3 is 2.86 bits per heavy atom. The molecule has 2 unspecified atom stereocenters. The summed E-state index contributed by atoms with van der Waals surface area (Å²) in [4.78, 5) is 0. The predicted molar refractivity (Wildman–Crippen MR) is 55.2 cm³/mol. The van der Waals surface area contributed by atoms with Gasteiger partial charge in [-0.15, -0.1) is 0 Å². The third kappa shape index (κ3) is 1.05. The van der Waals surface area contributed by atoms with E-state index in [1.54, 1.807) is 0 Å². The number of fused-ring (bicyclic) bond motifs is 1. The van der Waals surface area contributed by atoms with Gasteiger partial charge in [-0.25, -0.2) is 0 Å². The van der Waals surface area contributed by atoms with Gasteiger partial charge in [0.05, 0.1) is 5.69 Å². The summed E-state index contributed by atoms with van der Waals surface area (Å²) in [6, 6.07) is 0.527. The van der Waals surface area contributed by atoms with Crippen molar-refractivity contribution in [2.45, 2.75) is 38.1 Å². The quantitative estimate of drug-likeness (QED) is 0.747. The zero-order valence-electron chi connectivity index (χ0n) is 8.80. The van der Waals surface area contributed by atoms with Crippen LogP contribution in [-0.2, 0) is 6.42 Å². The molecular weight excluding hydrogens is 174 g/mol. The van der Waals surface area contributed by atoms with E-state index in [9.17, 15) is 0 Å². The second kappa shape index (κ2) is 2.83. The second-order valence-electron chi connectivity index (χ2n) is 4.72. The zero-order chi connectivity index (χ0) is 9.71. The van der Waals surface area contributed by atoms with Crippen LogP contribution >= 0.6 is 0 Å². The van der Waals surface area contributed by atoms with Gasteiger partial charge in [-0.05, 0) is 32.2 Å². The molecule has 0 radical (unpaired) electrons. The maximum atomic E-state index is 4.47. The van der Waals surface area contributed by atoms with E-state index in [1.165, 1.54) is 29.8 Å². The van der Waals surface area contributed by atoms with Gasteiger partial charge in [-0.3, -0.25) is 5.10 Å². The minimum atomic E-state index is 0.527. The molecule has 14 heavy (non-hydrogen) atoms. The Bertz CT molecular complexity index is 351. The monoisotopic (exact) mass is 191 g/mol. The van der Waals surface area contributed by atoms with Crippen molar-refractivity contribution in [3.8, 4) is 0 Å². The summed E-state index contributed by atoms with van der Waals surface area (Å²) in [5, 5.41) is 11.1. The van der Waals surface area contributed by atoms with E-state index >= 15 is 0 Å². The molecule has 1 heterocycles. The average molecular weight is 191 g/mol. The first-order chi connectivity index (χ1) is 6.81. The van der Waals surface area contributed by atoms with Gasteiger partial charge in [0, 0.05) is 23.2 Å². The van der Waals surface area contributed by atoms with Crippen LogP contribution in [0.1, 0.15) is 48.7 Å². The van der Waals surface area contributed by atoms with Crippen LogP contribution < -0.4 is 5.32 Å². The number of aromatic amines is 1. The molecule has 2 aliphatic rings. The number of nitrogens with zero attached hydrogens (tertiary/aromatic N) is 1. The fourth-order valence-electron chi connectivity index (χ4n) is 2.73. The summed E-state index contributed by atoms with van der Waals surface area (Å²) in [5.41, 5.74) is 4.21. The van der Waals surface area contributed by atoms with Crippen LogP contribution in [0.4, 0.5) is 0 Å². The van der Waals surface area contributed by atoms with Crippen molar-refractivity contribution in [1.82, 2.24) is 15.5 Å². The Balaban J connectivity index is 2.03. The lowest BCUT2D eigenvalue weighted by Gasteiger charge is -2.15. The third-order valence-corrected chi connectivity index (χ3v) is 3.59. The molecule has 0 aliphatic heterocycles. The van der Waals surface area contributed by atoms with E-state index < -0.39 is 0 Å². The van der Waals surface area contributed by atoms with Crippen molar-refractivity contribution >= 4 is 0 Å². The molecule has 1 saturated carbocycles.